The maximum Gasteiger partial charge on any atom is 0.305 e. The SMILES string of the molecule is CCCCCCCCC(=O)OCCOCCOCCOCCOCCOCCOCCOCCOC(C)=O. The topological polar surface area (TPSA) is 117 Å². The van der Waals surface area contributed by atoms with Crippen LogP contribution in [0.15, 0.2) is 0 Å². The Morgan fingerprint density at radius 2 is 0.737 bits per heavy atom. The Labute approximate surface area is 229 Å². The van der Waals surface area contributed by atoms with E-state index >= 15 is 0 Å². The lowest BCUT2D eigenvalue weighted by Gasteiger charge is -2.09. The minimum atomic E-state index is -0.311. The minimum absolute atomic E-state index is 0.146. The molecule has 0 unspecified atom stereocenters. The lowest BCUT2D eigenvalue weighted by Crippen LogP contribution is -2.15. The average Bonchev–Trinajstić information content (AvgIpc) is 2.90. The third kappa shape index (κ3) is 32.7. The molecule has 0 heterocycles. The lowest BCUT2D eigenvalue weighted by atomic mass is 10.1. The molecule has 0 bridgehead atoms. The second-order valence-electron chi connectivity index (χ2n) is 8.36. The summed E-state index contributed by atoms with van der Waals surface area (Å²) in [5.74, 6) is -0.457. The molecule has 38 heavy (non-hydrogen) atoms. The Bertz CT molecular complexity index is 505. The first-order valence-electron chi connectivity index (χ1n) is 14.0. The molecule has 0 aromatic heterocycles. The summed E-state index contributed by atoms with van der Waals surface area (Å²) in [7, 11) is 0. The van der Waals surface area contributed by atoms with Crippen LogP contribution in [-0.2, 0) is 52.2 Å². The highest BCUT2D eigenvalue weighted by Gasteiger charge is 2.02. The normalized spacial score (nSPS) is 11.1. The number of rotatable bonds is 31. The van der Waals surface area contributed by atoms with Crippen LogP contribution in [0.2, 0.25) is 0 Å². The summed E-state index contributed by atoms with van der Waals surface area (Å²) in [5.41, 5.74) is 0. The van der Waals surface area contributed by atoms with Gasteiger partial charge in [-0.3, -0.25) is 9.59 Å². The van der Waals surface area contributed by atoms with Crippen LogP contribution >= 0.6 is 0 Å². The molecular weight excluding hydrogens is 500 g/mol. The molecule has 0 aliphatic rings. The minimum Gasteiger partial charge on any atom is -0.463 e. The fourth-order valence-electron chi connectivity index (χ4n) is 3.00. The number of unbranched alkanes of at least 4 members (excludes halogenated alkanes) is 5. The van der Waals surface area contributed by atoms with Crippen LogP contribution in [0.1, 0.15) is 58.8 Å². The highest BCUT2D eigenvalue weighted by Crippen LogP contribution is 2.07. The van der Waals surface area contributed by atoms with E-state index in [0.29, 0.717) is 98.9 Å². The predicted octanol–water partition coefficient (Wildman–Crippen LogP) is 2.96. The fraction of sp³-hybridized carbons (Fsp3) is 0.926. The van der Waals surface area contributed by atoms with Gasteiger partial charge in [0.25, 0.3) is 0 Å². The molecule has 0 fully saturated rings. The largest absolute Gasteiger partial charge is 0.463 e. The van der Waals surface area contributed by atoms with Gasteiger partial charge in [-0.1, -0.05) is 39.0 Å². The molecule has 0 aliphatic heterocycles. The zero-order chi connectivity index (χ0) is 27.8. The fourth-order valence-corrected chi connectivity index (χ4v) is 3.00. The van der Waals surface area contributed by atoms with Gasteiger partial charge in [0.1, 0.15) is 13.2 Å². The van der Waals surface area contributed by atoms with Crippen molar-refractivity contribution in [2.45, 2.75) is 58.8 Å². The molecule has 0 aromatic rings. The zero-order valence-electron chi connectivity index (χ0n) is 23.8. The second kappa shape index (κ2) is 31.9. The van der Waals surface area contributed by atoms with Gasteiger partial charge in [0, 0.05) is 13.3 Å². The van der Waals surface area contributed by atoms with Crippen molar-refractivity contribution >= 4 is 11.9 Å². The Balaban J connectivity index is 3.10. The highest BCUT2D eigenvalue weighted by molar-refractivity contribution is 5.69. The molecule has 0 rings (SSSR count). The van der Waals surface area contributed by atoms with Crippen LogP contribution in [0.5, 0.6) is 0 Å². The van der Waals surface area contributed by atoms with Crippen molar-refractivity contribution in [2.75, 3.05) is 106 Å². The van der Waals surface area contributed by atoms with Crippen LogP contribution in [0.3, 0.4) is 0 Å². The molecule has 0 aromatic carbocycles. The molecule has 0 amide bonds. The third-order valence-electron chi connectivity index (χ3n) is 4.99. The van der Waals surface area contributed by atoms with Crippen LogP contribution in [0, 0.1) is 0 Å². The molecule has 0 aliphatic carbocycles. The molecule has 11 nitrogen and oxygen atoms in total. The van der Waals surface area contributed by atoms with Gasteiger partial charge in [0.2, 0.25) is 0 Å². The van der Waals surface area contributed by atoms with Gasteiger partial charge in [-0.25, -0.2) is 0 Å². The summed E-state index contributed by atoms with van der Waals surface area (Å²) in [6.45, 7) is 10.6. The third-order valence-corrected chi connectivity index (χ3v) is 4.99. The maximum absolute atomic E-state index is 11.6. The molecule has 0 atom stereocenters. The summed E-state index contributed by atoms with van der Waals surface area (Å²) < 4.78 is 47.6. The zero-order valence-corrected chi connectivity index (χ0v) is 23.8. The summed E-state index contributed by atoms with van der Waals surface area (Å²) in [6, 6.07) is 0. The van der Waals surface area contributed by atoms with E-state index in [0.717, 1.165) is 12.8 Å². The first-order chi connectivity index (χ1) is 18.7. The van der Waals surface area contributed by atoms with Crippen molar-refractivity contribution in [3.8, 4) is 0 Å². The number of carbonyl (C=O) groups is 2. The maximum atomic E-state index is 11.6. The van der Waals surface area contributed by atoms with Crippen molar-refractivity contribution in [3.05, 3.63) is 0 Å². The molecular formula is C27H52O11. The van der Waals surface area contributed by atoms with Crippen LogP contribution in [-0.4, -0.2) is 118 Å². The Kier molecular flexibility index (Phi) is 30.8. The van der Waals surface area contributed by atoms with E-state index in [-0.39, 0.29) is 25.2 Å². The molecule has 11 heteroatoms. The van der Waals surface area contributed by atoms with E-state index < -0.39 is 0 Å². The summed E-state index contributed by atoms with van der Waals surface area (Å²) in [5, 5.41) is 0. The second-order valence-corrected chi connectivity index (χ2v) is 8.36. The van der Waals surface area contributed by atoms with Gasteiger partial charge in [-0.15, -0.1) is 0 Å². The van der Waals surface area contributed by atoms with Crippen LogP contribution in [0.4, 0.5) is 0 Å². The molecule has 0 radical (unpaired) electrons. The summed E-state index contributed by atoms with van der Waals surface area (Å²) >= 11 is 0. The van der Waals surface area contributed by atoms with Crippen molar-refractivity contribution in [1.82, 2.24) is 0 Å². The van der Waals surface area contributed by atoms with Gasteiger partial charge in [-0.05, 0) is 6.42 Å². The van der Waals surface area contributed by atoms with Gasteiger partial charge >= 0.3 is 11.9 Å². The first-order valence-corrected chi connectivity index (χ1v) is 14.0. The number of ether oxygens (including phenoxy) is 9. The predicted molar refractivity (Wildman–Crippen MR) is 141 cm³/mol. The first kappa shape index (κ1) is 36.7. The Morgan fingerprint density at radius 1 is 0.421 bits per heavy atom. The summed E-state index contributed by atoms with van der Waals surface area (Å²) in [6.07, 6.45) is 7.42. The molecule has 0 saturated carbocycles. The number of carbonyl (C=O) groups excluding carboxylic acids is 2. The number of esters is 2. The van der Waals surface area contributed by atoms with Gasteiger partial charge in [0.15, 0.2) is 0 Å². The molecule has 0 saturated heterocycles. The van der Waals surface area contributed by atoms with E-state index in [1.165, 1.54) is 32.6 Å². The Morgan fingerprint density at radius 3 is 1.11 bits per heavy atom. The molecule has 0 N–H and O–H groups in total. The van der Waals surface area contributed by atoms with Crippen molar-refractivity contribution in [1.29, 1.82) is 0 Å². The average molecular weight is 553 g/mol. The quantitative estimate of drug-likeness (QED) is 0.0933. The van der Waals surface area contributed by atoms with Crippen molar-refractivity contribution in [2.24, 2.45) is 0 Å². The van der Waals surface area contributed by atoms with Gasteiger partial charge < -0.3 is 42.6 Å². The van der Waals surface area contributed by atoms with Crippen LogP contribution in [0.25, 0.3) is 0 Å². The number of hydrogen-bond donors (Lipinski definition) is 0. The van der Waals surface area contributed by atoms with E-state index in [4.69, 9.17) is 42.6 Å². The lowest BCUT2D eigenvalue weighted by molar-refractivity contribution is -0.145. The van der Waals surface area contributed by atoms with Crippen LogP contribution < -0.4 is 0 Å². The van der Waals surface area contributed by atoms with E-state index in [1.54, 1.807) is 0 Å². The molecule has 226 valence electrons. The number of hydrogen-bond acceptors (Lipinski definition) is 11. The standard InChI is InChI=1S/C27H52O11/c1-3-4-5-6-7-8-9-27(29)38-25-23-36-21-19-34-17-15-32-13-11-30-10-12-31-14-16-33-18-20-35-22-24-37-26(2)28/h3-25H2,1-2H3. The van der Waals surface area contributed by atoms with E-state index in [9.17, 15) is 9.59 Å². The van der Waals surface area contributed by atoms with Gasteiger partial charge in [0.05, 0.1) is 92.5 Å². The smallest absolute Gasteiger partial charge is 0.305 e. The van der Waals surface area contributed by atoms with E-state index in [2.05, 4.69) is 6.92 Å². The van der Waals surface area contributed by atoms with E-state index in [1.807, 2.05) is 0 Å². The summed E-state index contributed by atoms with van der Waals surface area (Å²) in [4.78, 5) is 22.2. The highest BCUT2D eigenvalue weighted by atomic mass is 16.6. The van der Waals surface area contributed by atoms with Crippen molar-refractivity contribution in [3.63, 3.8) is 0 Å². The molecule has 0 spiro atoms. The Hall–Kier alpha value is -1.34. The monoisotopic (exact) mass is 552 g/mol. The van der Waals surface area contributed by atoms with Gasteiger partial charge in [-0.2, -0.15) is 0 Å². The van der Waals surface area contributed by atoms with Crippen molar-refractivity contribution < 1.29 is 52.2 Å².